The summed E-state index contributed by atoms with van der Waals surface area (Å²) in [6, 6.07) is 6.91. The highest BCUT2D eigenvalue weighted by Gasteiger charge is 2.25. The Balaban J connectivity index is 1.90. The number of nitrogens with zero attached hydrogens (tertiary/aromatic N) is 2. The van der Waals surface area contributed by atoms with Gasteiger partial charge in [-0.2, -0.15) is 0 Å². The van der Waals surface area contributed by atoms with E-state index in [1.165, 1.54) is 4.57 Å². The van der Waals surface area contributed by atoms with Gasteiger partial charge in [-0.1, -0.05) is 6.07 Å². The van der Waals surface area contributed by atoms with Crippen LogP contribution >= 0.6 is 0 Å². The summed E-state index contributed by atoms with van der Waals surface area (Å²) in [6.07, 6.45) is 3.34. The zero-order valence-corrected chi connectivity index (χ0v) is 10.8. The Morgan fingerprint density at radius 2 is 2.25 bits per heavy atom. The number of carbonyl (C=O) groups excluding carboxylic acids is 1. The van der Waals surface area contributed by atoms with Crippen molar-refractivity contribution < 1.29 is 9.90 Å². The Kier molecular flexibility index (Phi) is 3.15. The average Bonchev–Trinajstić information content (AvgIpc) is 3.07. The zero-order valence-electron chi connectivity index (χ0n) is 10.8. The lowest BCUT2D eigenvalue weighted by Gasteiger charge is -2.16. The van der Waals surface area contributed by atoms with Crippen LogP contribution in [0, 0.1) is 0 Å². The zero-order chi connectivity index (χ0) is 14.1. The van der Waals surface area contributed by atoms with Crippen LogP contribution in [0.1, 0.15) is 16.8 Å². The number of H-pyrrole nitrogens is 1. The topological polar surface area (TPSA) is 78.3 Å². The molecule has 2 N–H and O–H groups in total. The van der Waals surface area contributed by atoms with Gasteiger partial charge in [0.1, 0.15) is 0 Å². The molecular weight excluding hydrogens is 258 g/mol. The molecule has 6 heteroatoms. The van der Waals surface area contributed by atoms with Gasteiger partial charge in [-0.3, -0.25) is 9.36 Å². The Morgan fingerprint density at radius 1 is 1.40 bits per heavy atom. The summed E-state index contributed by atoms with van der Waals surface area (Å²) in [6.45, 7) is 0.932. The first-order valence-corrected chi connectivity index (χ1v) is 6.49. The maximum Gasteiger partial charge on any atom is 0.330 e. The Labute approximate surface area is 115 Å². The molecule has 0 aliphatic carbocycles. The van der Waals surface area contributed by atoms with Crippen LogP contribution in [0.25, 0.3) is 5.69 Å². The maximum absolute atomic E-state index is 12.3. The highest BCUT2D eigenvalue weighted by molar-refractivity contribution is 5.95. The van der Waals surface area contributed by atoms with E-state index in [9.17, 15) is 14.7 Å². The molecule has 1 saturated heterocycles. The molecule has 2 heterocycles. The summed E-state index contributed by atoms with van der Waals surface area (Å²) in [5, 5.41) is 9.49. The number of amides is 1. The second-order valence-corrected chi connectivity index (χ2v) is 4.88. The van der Waals surface area contributed by atoms with Gasteiger partial charge < -0.3 is 15.0 Å². The molecule has 0 spiro atoms. The highest BCUT2D eigenvalue weighted by atomic mass is 16.3. The van der Waals surface area contributed by atoms with E-state index in [0.29, 0.717) is 30.8 Å². The summed E-state index contributed by atoms with van der Waals surface area (Å²) in [7, 11) is 0. The molecule has 1 amide bonds. The molecule has 0 saturated carbocycles. The smallest absolute Gasteiger partial charge is 0.330 e. The highest BCUT2D eigenvalue weighted by Crippen LogP contribution is 2.15. The first-order valence-electron chi connectivity index (χ1n) is 6.49. The van der Waals surface area contributed by atoms with Crippen molar-refractivity contribution >= 4 is 5.91 Å². The fraction of sp³-hybridized carbons (Fsp3) is 0.286. The molecule has 1 aliphatic rings. The molecule has 2 aromatic rings. The lowest BCUT2D eigenvalue weighted by atomic mass is 10.1. The Bertz CT molecular complexity index is 689. The number of rotatable bonds is 2. The molecular formula is C14H15N3O3. The number of carbonyl (C=O) groups is 1. The molecule has 1 aromatic heterocycles. The molecule has 1 fully saturated rings. The second kappa shape index (κ2) is 4.97. The Hall–Kier alpha value is -2.34. The predicted molar refractivity (Wildman–Crippen MR) is 72.9 cm³/mol. The number of likely N-dealkylation sites (tertiary alicyclic amines) is 1. The van der Waals surface area contributed by atoms with Crippen molar-refractivity contribution in [3.8, 4) is 5.69 Å². The molecule has 20 heavy (non-hydrogen) atoms. The lowest BCUT2D eigenvalue weighted by molar-refractivity contribution is 0.0765. The van der Waals surface area contributed by atoms with E-state index in [1.807, 2.05) is 0 Å². The summed E-state index contributed by atoms with van der Waals surface area (Å²) in [5.74, 6) is -0.119. The number of aromatic nitrogens is 2. The molecule has 3 rings (SSSR count). The van der Waals surface area contributed by atoms with E-state index >= 15 is 0 Å². The number of benzene rings is 1. The van der Waals surface area contributed by atoms with Gasteiger partial charge in [0.2, 0.25) is 0 Å². The molecule has 104 valence electrons. The number of aromatic amines is 1. The maximum atomic E-state index is 12.3. The SMILES string of the molecule is O=C(c1cccc(-n2cc[nH]c2=O)c1)N1CC[C@@H](O)C1. The van der Waals surface area contributed by atoms with E-state index in [1.54, 1.807) is 41.6 Å². The van der Waals surface area contributed by atoms with Gasteiger partial charge in [0.25, 0.3) is 5.91 Å². The minimum atomic E-state index is -0.436. The van der Waals surface area contributed by atoms with E-state index in [-0.39, 0.29) is 11.6 Å². The van der Waals surface area contributed by atoms with Crippen molar-refractivity contribution in [1.82, 2.24) is 14.5 Å². The fourth-order valence-corrected chi connectivity index (χ4v) is 2.42. The van der Waals surface area contributed by atoms with Gasteiger partial charge in [-0.25, -0.2) is 4.79 Å². The van der Waals surface area contributed by atoms with Crippen LogP contribution in [0.3, 0.4) is 0 Å². The lowest BCUT2D eigenvalue weighted by Crippen LogP contribution is -2.29. The van der Waals surface area contributed by atoms with E-state index in [0.717, 1.165) is 0 Å². The van der Waals surface area contributed by atoms with Crippen LogP contribution in [0.5, 0.6) is 0 Å². The van der Waals surface area contributed by atoms with Crippen molar-refractivity contribution in [2.75, 3.05) is 13.1 Å². The molecule has 1 aliphatic heterocycles. The molecule has 1 atom stereocenters. The van der Waals surface area contributed by atoms with Crippen LogP contribution in [-0.2, 0) is 0 Å². The normalized spacial score (nSPS) is 18.4. The standard InChI is InChI=1S/C14H15N3O3/c18-12-4-6-16(9-12)13(19)10-2-1-3-11(8-10)17-7-5-15-14(17)20/h1-3,5,7-8,12,18H,4,6,9H2,(H,15,20)/t12-/m1/s1. The van der Waals surface area contributed by atoms with Crippen molar-refractivity contribution in [3.63, 3.8) is 0 Å². The summed E-state index contributed by atoms with van der Waals surface area (Å²) in [5.41, 5.74) is 0.915. The van der Waals surface area contributed by atoms with Gasteiger partial charge in [0.05, 0.1) is 11.8 Å². The minimum absolute atomic E-state index is 0.119. The second-order valence-electron chi connectivity index (χ2n) is 4.88. The number of imidazole rings is 1. The van der Waals surface area contributed by atoms with Crippen LogP contribution < -0.4 is 5.69 Å². The molecule has 1 aromatic carbocycles. The largest absolute Gasteiger partial charge is 0.391 e. The first kappa shape index (κ1) is 12.7. The van der Waals surface area contributed by atoms with Gasteiger partial charge in [-0.05, 0) is 24.6 Å². The summed E-state index contributed by atoms with van der Waals surface area (Å²) in [4.78, 5) is 28.1. The number of β-amino-alcohol motifs (C(OH)–C–C–N with tert-alkyl or cyclic N) is 1. The quantitative estimate of drug-likeness (QED) is 0.830. The van der Waals surface area contributed by atoms with Crippen LogP contribution in [0.4, 0.5) is 0 Å². The molecule has 6 nitrogen and oxygen atoms in total. The number of hydrogen-bond donors (Lipinski definition) is 2. The van der Waals surface area contributed by atoms with Crippen molar-refractivity contribution in [1.29, 1.82) is 0 Å². The monoisotopic (exact) mass is 273 g/mol. The van der Waals surface area contributed by atoms with Crippen molar-refractivity contribution in [2.24, 2.45) is 0 Å². The van der Waals surface area contributed by atoms with E-state index in [4.69, 9.17) is 0 Å². The third-order valence-electron chi connectivity index (χ3n) is 3.47. The Morgan fingerprint density at radius 3 is 2.90 bits per heavy atom. The average molecular weight is 273 g/mol. The predicted octanol–water partition coefficient (Wildman–Crippen LogP) is 0.372. The van der Waals surface area contributed by atoms with Crippen molar-refractivity contribution in [2.45, 2.75) is 12.5 Å². The van der Waals surface area contributed by atoms with Gasteiger partial charge in [0, 0.05) is 31.0 Å². The van der Waals surface area contributed by atoms with E-state index in [2.05, 4.69) is 4.98 Å². The van der Waals surface area contributed by atoms with Gasteiger partial charge >= 0.3 is 5.69 Å². The molecule has 0 bridgehead atoms. The van der Waals surface area contributed by atoms with Gasteiger partial charge in [0.15, 0.2) is 0 Å². The number of hydrogen-bond acceptors (Lipinski definition) is 3. The first-order chi connectivity index (χ1) is 9.65. The number of aliphatic hydroxyl groups excluding tert-OH is 1. The minimum Gasteiger partial charge on any atom is -0.391 e. The molecule has 0 radical (unpaired) electrons. The summed E-state index contributed by atoms with van der Waals surface area (Å²) < 4.78 is 1.44. The van der Waals surface area contributed by atoms with Crippen molar-refractivity contribution in [3.05, 3.63) is 52.7 Å². The van der Waals surface area contributed by atoms with Crippen LogP contribution in [0.15, 0.2) is 41.5 Å². The summed E-state index contributed by atoms with van der Waals surface area (Å²) >= 11 is 0. The van der Waals surface area contributed by atoms with Crippen LogP contribution in [-0.4, -0.2) is 44.7 Å². The van der Waals surface area contributed by atoms with E-state index < -0.39 is 6.10 Å². The number of aliphatic hydroxyl groups is 1. The molecule has 0 unspecified atom stereocenters. The van der Waals surface area contributed by atoms with Gasteiger partial charge in [-0.15, -0.1) is 0 Å². The third kappa shape index (κ3) is 2.25. The fourth-order valence-electron chi connectivity index (χ4n) is 2.42. The van der Waals surface area contributed by atoms with Crippen LogP contribution in [0.2, 0.25) is 0 Å². The number of nitrogens with one attached hydrogen (secondary N) is 1. The third-order valence-corrected chi connectivity index (χ3v) is 3.47.